The molecule has 126 valence electrons. The average molecular weight is 354 g/mol. The molecule has 0 bridgehead atoms. The largest absolute Gasteiger partial charge is 0.449 e. The minimum Gasteiger partial charge on any atom is -0.449 e. The van der Waals surface area contributed by atoms with Gasteiger partial charge >= 0.3 is 12.1 Å². The second-order valence-electron chi connectivity index (χ2n) is 6.81. The lowest BCUT2D eigenvalue weighted by Gasteiger charge is -2.26. The topological polar surface area (TPSA) is 90.0 Å². The SMILES string of the molecule is CC(C)(C)OC(=O)N1CC2CS(=O)(=O)CC2(C(=O)OCCl)C1. The quantitative estimate of drug-likeness (QED) is 0.543. The fourth-order valence-electron chi connectivity index (χ4n) is 3.06. The van der Waals surface area contributed by atoms with Crippen molar-refractivity contribution >= 4 is 33.5 Å². The van der Waals surface area contributed by atoms with Crippen LogP contribution in [0.1, 0.15) is 20.8 Å². The van der Waals surface area contributed by atoms with E-state index < -0.39 is 38.8 Å². The van der Waals surface area contributed by atoms with Gasteiger partial charge in [-0.15, -0.1) is 0 Å². The molecular formula is C13H20ClNO6S. The lowest BCUT2D eigenvalue weighted by Crippen LogP contribution is -2.42. The van der Waals surface area contributed by atoms with Crippen LogP contribution >= 0.6 is 11.6 Å². The number of sulfone groups is 1. The highest BCUT2D eigenvalue weighted by Gasteiger charge is 2.62. The van der Waals surface area contributed by atoms with Gasteiger partial charge in [0, 0.05) is 19.0 Å². The standard InChI is InChI=1S/C13H20ClNO6S/c1-12(2,3)21-11(17)15-4-9-5-22(18,19)7-13(9,6-15)10(16)20-8-14/h9H,4-8H2,1-3H3. The third-order valence-corrected chi connectivity index (χ3v) is 5.85. The maximum absolute atomic E-state index is 12.2. The highest BCUT2D eigenvalue weighted by atomic mass is 35.5. The maximum Gasteiger partial charge on any atom is 0.410 e. The number of amides is 1. The molecule has 0 aromatic carbocycles. The van der Waals surface area contributed by atoms with Crippen molar-refractivity contribution in [3.05, 3.63) is 0 Å². The van der Waals surface area contributed by atoms with Gasteiger partial charge in [0.15, 0.2) is 15.9 Å². The average Bonchev–Trinajstić information content (AvgIpc) is 2.77. The van der Waals surface area contributed by atoms with Crippen LogP contribution in [0.2, 0.25) is 0 Å². The van der Waals surface area contributed by atoms with E-state index >= 15 is 0 Å². The normalized spacial score (nSPS) is 30.0. The first-order valence-corrected chi connectivity index (χ1v) is 9.26. The van der Waals surface area contributed by atoms with Gasteiger partial charge in [0.1, 0.15) is 11.0 Å². The Morgan fingerprint density at radius 1 is 1.36 bits per heavy atom. The van der Waals surface area contributed by atoms with Crippen LogP contribution < -0.4 is 0 Å². The van der Waals surface area contributed by atoms with Crippen LogP contribution in [0.4, 0.5) is 4.79 Å². The fourth-order valence-corrected chi connectivity index (χ4v) is 5.54. The highest BCUT2D eigenvalue weighted by Crippen LogP contribution is 2.45. The van der Waals surface area contributed by atoms with E-state index in [9.17, 15) is 18.0 Å². The Morgan fingerprint density at radius 2 is 2.00 bits per heavy atom. The molecule has 0 aromatic heterocycles. The van der Waals surface area contributed by atoms with Crippen LogP contribution in [0.25, 0.3) is 0 Å². The first-order chi connectivity index (χ1) is 9.99. The summed E-state index contributed by atoms with van der Waals surface area (Å²) in [6, 6.07) is -0.347. The fraction of sp³-hybridized carbons (Fsp3) is 0.846. The van der Waals surface area contributed by atoms with Crippen molar-refractivity contribution in [3.63, 3.8) is 0 Å². The van der Waals surface area contributed by atoms with E-state index in [1.807, 2.05) is 0 Å². The highest BCUT2D eigenvalue weighted by molar-refractivity contribution is 7.91. The van der Waals surface area contributed by atoms with E-state index in [2.05, 4.69) is 0 Å². The molecule has 2 atom stereocenters. The second kappa shape index (κ2) is 5.56. The molecule has 9 heteroatoms. The molecule has 2 aliphatic rings. The molecule has 22 heavy (non-hydrogen) atoms. The number of fused-ring (bicyclic) bond motifs is 1. The summed E-state index contributed by atoms with van der Waals surface area (Å²) >= 11 is 5.42. The van der Waals surface area contributed by atoms with Gasteiger partial charge in [0.05, 0.1) is 11.5 Å². The van der Waals surface area contributed by atoms with Crippen LogP contribution in [-0.4, -0.2) is 61.6 Å². The molecule has 7 nitrogen and oxygen atoms in total. The third-order valence-electron chi connectivity index (χ3n) is 3.87. The van der Waals surface area contributed by atoms with Gasteiger partial charge in [-0.1, -0.05) is 11.6 Å². The first kappa shape index (κ1) is 17.3. The number of halogens is 1. The van der Waals surface area contributed by atoms with Crippen LogP contribution in [0, 0.1) is 11.3 Å². The number of hydrogen-bond donors (Lipinski definition) is 0. The van der Waals surface area contributed by atoms with Gasteiger partial charge < -0.3 is 14.4 Å². The molecule has 0 saturated carbocycles. The molecule has 2 rings (SSSR count). The molecule has 2 unspecified atom stereocenters. The summed E-state index contributed by atoms with van der Waals surface area (Å²) in [7, 11) is -3.33. The van der Waals surface area contributed by atoms with Crippen molar-refractivity contribution < 1.29 is 27.5 Å². The van der Waals surface area contributed by atoms with E-state index in [1.54, 1.807) is 20.8 Å². The number of ether oxygens (including phenoxy) is 2. The number of alkyl halides is 1. The van der Waals surface area contributed by atoms with Crippen LogP contribution in [0.5, 0.6) is 0 Å². The van der Waals surface area contributed by atoms with Crippen molar-refractivity contribution in [1.82, 2.24) is 4.90 Å². The molecule has 0 N–H and O–H groups in total. The summed E-state index contributed by atoms with van der Waals surface area (Å²) in [6.45, 7) is 5.35. The lowest BCUT2D eigenvalue weighted by atomic mass is 9.81. The van der Waals surface area contributed by atoms with Crippen LogP contribution in [0.15, 0.2) is 0 Å². The van der Waals surface area contributed by atoms with Crippen molar-refractivity contribution in [2.75, 3.05) is 30.7 Å². The predicted molar refractivity (Wildman–Crippen MR) is 79.2 cm³/mol. The number of likely N-dealkylation sites (tertiary alicyclic amines) is 1. The Morgan fingerprint density at radius 3 is 2.55 bits per heavy atom. The van der Waals surface area contributed by atoms with Gasteiger partial charge in [0.2, 0.25) is 0 Å². The Balaban J connectivity index is 2.22. The van der Waals surface area contributed by atoms with Crippen LogP contribution in [0.3, 0.4) is 0 Å². The van der Waals surface area contributed by atoms with E-state index in [-0.39, 0.29) is 30.7 Å². The summed E-state index contributed by atoms with van der Waals surface area (Å²) in [5.41, 5.74) is -1.89. The van der Waals surface area contributed by atoms with Gasteiger partial charge in [-0.25, -0.2) is 13.2 Å². The van der Waals surface area contributed by atoms with E-state index in [4.69, 9.17) is 21.1 Å². The van der Waals surface area contributed by atoms with E-state index in [1.165, 1.54) is 4.90 Å². The molecule has 0 aromatic rings. The summed E-state index contributed by atoms with van der Waals surface area (Å²) < 4.78 is 33.9. The number of esters is 1. The Kier molecular flexibility index (Phi) is 4.38. The predicted octanol–water partition coefficient (Wildman–Crippen LogP) is 1.01. The van der Waals surface area contributed by atoms with Crippen molar-refractivity contribution in [2.24, 2.45) is 11.3 Å². The zero-order valence-electron chi connectivity index (χ0n) is 12.8. The van der Waals surface area contributed by atoms with E-state index in [0.717, 1.165) is 0 Å². The Hall–Kier alpha value is -1.02. The second-order valence-corrected chi connectivity index (χ2v) is 9.14. The molecule has 0 radical (unpaired) electrons. The summed E-state index contributed by atoms with van der Waals surface area (Å²) in [4.78, 5) is 25.8. The number of nitrogens with zero attached hydrogens (tertiary/aromatic N) is 1. The van der Waals surface area contributed by atoms with Gasteiger partial charge in [0.25, 0.3) is 0 Å². The van der Waals surface area contributed by atoms with E-state index in [0.29, 0.717) is 0 Å². The number of carbonyl (C=O) groups is 2. The van der Waals surface area contributed by atoms with Gasteiger partial charge in [-0.05, 0) is 20.8 Å². The van der Waals surface area contributed by atoms with Crippen molar-refractivity contribution in [3.8, 4) is 0 Å². The maximum atomic E-state index is 12.2. The minimum atomic E-state index is -3.33. The van der Waals surface area contributed by atoms with Crippen molar-refractivity contribution in [1.29, 1.82) is 0 Å². The molecule has 0 aliphatic carbocycles. The first-order valence-electron chi connectivity index (χ1n) is 6.91. The third kappa shape index (κ3) is 3.32. The summed E-state index contributed by atoms with van der Waals surface area (Å²) in [5, 5.41) is 0. The summed E-state index contributed by atoms with van der Waals surface area (Å²) in [5.74, 6) is -1.61. The number of hydrogen-bond acceptors (Lipinski definition) is 6. The zero-order chi connectivity index (χ0) is 16.8. The minimum absolute atomic E-state index is 0.0263. The van der Waals surface area contributed by atoms with Gasteiger partial charge in [-0.2, -0.15) is 0 Å². The molecule has 2 aliphatic heterocycles. The lowest BCUT2D eigenvalue weighted by molar-refractivity contribution is -0.153. The summed E-state index contributed by atoms with van der Waals surface area (Å²) in [6.07, 6.45) is -0.558. The van der Waals surface area contributed by atoms with Crippen LogP contribution in [-0.2, 0) is 24.1 Å². The Bertz CT molecular complexity index is 584. The molecule has 2 fully saturated rings. The number of carbonyl (C=O) groups excluding carboxylic acids is 2. The molecule has 2 saturated heterocycles. The molecule has 0 spiro atoms. The smallest absolute Gasteiger partial charge is 0.410 e. The van der Waals surface area contributed by atoms with Gasteiger partial charge in [-0.3, -0.25) is 4.79 Å². The monoisotopic (exact) mass is 353 g/mol. The Labute approximate surface area is 134 Å². The van der Waals surface area contributed by atoms with Crippen molar-refractivity contribution in [2.45, 2.75) is 26.4 Å². The zero-order valence-corrected chi connectivity index (χ0v) is 14.4. The molecular weight excluding hydrogens is 334 g/mol. The molecule has 2 heterocycles. The molecule has 1 amide bonds. The number of rotatable bonds is 2.